The number of benzene rings is 1. The van der Waals surface area contributed by atoms with E-state index in [1.54, 1.807) is 0 Å². The standard InChI is InChI=1S/C10H11F3N2S/c11-10(12,13)9-3-1-8(2-4-9)7-15-6-5-14-16-15/h1-4,14H,5-7H2. The first-order valence-electron chi connectivity index (χ1n) is 4.86. The average Bonchev–Trinajstić information content (AvgIpc) is 2.70. The van der Waals surface area contributed by atoms with Crippen LogP contribution in [-0.2, 0) is 12.7 Å². The number of rotatable bonds is 2. The molecule has 0 amide bonds. The Morgan fingerprint density at radius 3 is 2.44 bits per heavy atom. The van der Waals surface area contributed by atoms with E-state index < -0.39 is 11.7 Å². The van der Waals surface area contributed by atoms with Crippen LogP contribution in [0, 0.1) is 0 Å². The Kier molecular flexibility index (Phi) is 3.41. The fourth-order valence-electron chi connectivity index (χ4n) is 1.47. The highest BCUT2D eigenvalue weighted by Gasteiger charge is 2.29. The van der Waals surface area contributed by atoms with Crippen molar-refractivity contribution in [2.24, 2.45) is 0 Å². The van der Waals surface area contributed by atoms with Crippen molar-refractivity contribution in [3.05, 3.63) is 35.4 Å². The van der Waals surface area contributed by atoms with Crippen molar-refractivity contribution in [3.8, 4) is 0 Å². The summed E-state index contributed by atoms with van der Waals surface area (Å²) < 4.78 is 42.1. The van der Waals surface area contributed by atoms with Crippen molar-refractivity contribution in [1.29, 1.82) is 0 Å². The van der Waals surface area contributed by atoms with Gasteiger partial charge in [0.2, 0.25) is 0 Å². The van der Waals surface area contributed by atoms with Crippen LogP contribution in [0.1, 0.15) is 11.1 Å². The van der Waals surface area contributed by atoms with Crippen LogP contribution in [0.3, 0.4) is 0 Å². The number of hydrogen-bond acceptors (Lipinski definition) is 3. The van der Waals surface area contributed by atoms with Crippen LogP contribution in [0.15, 0.2) is 24.3 Å². The molecule has 0 spiro atoms. The third-order valence-corrected chi connectivity index (χ3v) is 3.20. The molecule has 0 saturated carbocycles. The lowest BCUT2D eigenvalue weighted by Gasteiger charge is -2.12. The van der Waals surface area contributed by atoms with Crippen LogP contribution in [0.25, 0.3) is 0 Å². The molecule has 0 aliphatic carbocycles. The van der Waals surface area contributed by atoms with E-state index in [4.69, 9.17) is 0 Å². The second-order valence-corrected chi connectivity index (χ2v) is 4.53. The van der Waals surface area contributed by atoms with E-state index in [0.29, 0.717) is 6.54 Å². The van der Waals surface area contributed by atoms with E-state index in [1.807, 2.05) is 0 Å². The zero-order chi connectivity index (χ0) is 11.6. The molecule has 0 bridgehead atoms. The van der Waals surface area contributed by atoms with Gasteiger partial charge in [-0.05, 0) is 17.7 Å². The maximum atomic E-state index is 12.3. The van der Waals surface area contributed by atoms with Gasteiger partial charge in [-0.3, -0.25) is 0 Å². The molecule has 2 rings (SSSR count). The molecular formula is C10H11F3N2S. The second-order valence-electron chi connectivity index (χ2n) is 3.54. The first-order valence-corrected chi connectivity index (χ1v) is 5.64. The summed E-state index contributed by atoms with van der Waals surface area (Å²) in [5, 5.41) is 0. The van der Waals surface area contributed by atoms with Crippen LogP contribution >= 0.6 is 12.1 Å². The van der Waals surface area contributed by atoms with E-state index >= 15 is 0 Å². The molecule has 0 aromatic heterocycles. The van der Waals surface area contributed by atoms with E-state index in [-0.39, 0.29) is 0 Å². The number of nitrogens with zero attached hydrogens (tertiary/aromatic N) is 1. The van der Waals surface area contributed by atoms with E-state index in [2.05, 4.69) is 9.03 Å². The summed E-state index contributed by atoms with van der Waals surface area (Å²) in [5.74, 6) is 0. The highest BCUT2D eigenvalue weighted by molar-refractivity contribution is 7.95. The molecule has 0 radical (unpaired) electrons. The molecule has 6 heteroatoms. The largest absolute Gasteiger partial charge is 0.416 e. The van der Waals surface area contributed by atoms with Gasteiger partial charge in [0.1, 0.15) is 0 Å². The lowest BCUT2D eigenvalue weighted by molar-refractivity contribution is -0.137. The first kappa shape index (κ1) is 11.8. The van der Waals surface area contributed by atoms with Gasteiger partial charge in [0.05, 0.1) is 5.56 Å². The summed E-state index contributed by atoms with van der Waals surface area (Å²) in [4.78, 5) is 0. The summed E-state index contributed by atoms with van der Waals surface area (Å²) in [5.41, 5.74) is 0.299. The molecule has 0 unspecified atom stereocenters. The lowest BCUT2D eigenvalue weighted by atomic mass is 10.1. The predicted molar refractivity (Wildman–Crippen MR) is 57.4 cm³/mol. The van der Waals surface area contributed by atoms with Crippen molar-refractivity contribution >= 4 is 12.1 Å². The van der Waals surface area contributed by atoms with Gasteiger partial charge in [0, 0.05) is 31.8 Å². The Morgan fingerprint density at radius 1 is 1.25 bits per heavy atom. The third kappa shape index (κ3) is 2.90. The van der Waals surface area contributed by atoms with Gasteiger partial charge in [-0.25, -0.2) is 9.03 Å². The zero-order valence-electron chi connectivity index (χ0n) is 8.42. The summed E-state index contributed by atoms with van der Waals surface area (Å²) in [6.45, 7) is 2.48. The van der Waals surface area contributed by atoms with Crippen molar-refractivity contribution in [3.63, 3.8) is 0 Å². The van der Waals surface area contributed by atoms with Gasteiger partial charge in [0.15, 0.2) is 0 Å². The van der Waals surface area contributed by atoms with Crippen molar-refractivity contribution in [1.82, 2.24) is 9.03 Å². The summed E-state index contributed by atoms with van der Waals surface area (Å²) in [6.07, 6.45) is -4.25. The molecule has 2 nitrogen and oxygen atoms in total. The van der Waals surface area contributed by atoms with Gasteiger partial charge in [-0.2, -0.15) is 13.2 Å². The summed E-state index contributed by atoms with van der Waals surface area (Å²) >= 11 is 1.51. The zero-order valence-corrected chi connectivity index (χ0v) is 9.24. The van der Waals surface area contributed by atoms with Gasteiger partial charge in [0.25, 0.3) is 0 Å². The van der Waals surface area contributed by atoms with Crippen molar-refractivity contribution in [2.45, 2.75) is 12.7 Å². The lowest BCUT2D eigenvalue weighted by Crippen LogP contribution is -2.12. The molecule has 1 saturated heterocycles. The van der Waals surface area contributed by atoms with Crippen LogP contribution in [0.2, 0.25) is 0 Å². The predicted octanol–water partition coefficient (Wildman–Crippen LogP) is 2.67. The maximum Gasteiger partial charge on any atom is 0.416 e. The topological polar surface area (TPSA) is 15.3 Å². The van der Waals surface area contributed by atoms with Gasteiger partial charge in [-0.1, -0.05) is 12.1 Å². The molecular weight excluding hydrogens is 237 g/mol. The molecule has 1 heterocycles. The fraction of sp³-hybridized carbons (Fsp3) is 0.400. The van der Waals surface area contributed by atoms with Gasteiger partial charge in [-0.15, -0.1) is 0 Å². The minimum atomic E-state index is -4.25. The number of alkyl halides is 3. The Hall–Kier alpha value is -0.720. The highest BCUT2D eigenvalue weighted by Crippen LogP contribution is 2.29. The average molecular weight is 248 g/mol. The van der Waals surface area contributed by atoms with Crippen LogP contribution in [-0.4, -0.2) is 17.4 Å². The molecule has 16 heavy (non-hydrogen) atoms. The Labute approximate surface area is 96.1 Å². The Balaban J connectivity index is 2.01. The molecule has 88 valence electrons. The minimum Gasteiger partial charge on any atom is -0.249 e. The van der Waals surface area contributed by atoms with Gasteiger partial charge >= 0.3 is 6.18 Å². The normalized spacial score (nSPS) is 17.9. The molecule has 1 N–H and O–H groups in total. The van der Waals surface area contributed by atoms with Crippen LogP contribution in [0.4, 0.5) is 13.2 Å². The summed E-state index contributed by atoms with van der Waals surface area (Å²) in [7, 11) is 0. The third-order valence-electron chi connectivity index (χ3n) is 2.30. The molecule has 1 aromatic carbocycles. The monoisotopic (exact) mass is 248 g/mol. The maximum absolute atomic E-state index is 12.3. The second kappa shape index (κ2) is 4.65. The molecule has 0 atom stereocenters. The van der Waals surface area contributed by atoms with Crippen molar-refractivity contribution in [2.75, 3.05) is 13.1 Å². The minimum absolute atomic E-state index is 0.594. The van der Waals surface area contributed by atoms with Crippen molar-refractivity contribution < 1.29 is 13.2 Å². The molecule has 1 aliphatic heterocycles. The SMILES string of the molecule is FC(F)(F)c1ccc(CN2CCNS2)cc1. The molecule has 1 aromatic rings. The Morgan fingerprint density at radius 2 is 1.94 bits per heavy atom. The van der Waals surface area contributed by atoms with Crippen LogP contribution < -0.4 is 4.72 Å². The summed E-state index contributed by atoms with van der Waals surface area (Å²) in [6, 6.07) is 5.32. The quantitative estimate of drug-likeness (QED) is 0.810. The highest BCUT2D eigenvalue weighted by atomic mass is 32.2. The van der Waals surface area contributed by atoms with E-state index in [9.17, 15) is 13.2 Å². The molecule has 1 fully saturated rings. The number of nitrogens with one attached hydrogen (secondary N) is 1. The first-order chi connectivity index (χ1) is 7.55. The number of hydrogen-bond donors (Lipinski definition) is 1. The number of halogens is 3. The van der Waals surface area contributed by atoms with Crippen LogP contribution in [0.5, 0.6) is 0 Å². The van der Waals surface area contributed by atoms with E-state index in [1.165, 1.54) is 24.3 Å². The molecule has 1 aliphatic rings. The smallest absolute Gasteiger partial charge is 0.249 e. The fourth-order valence-corrected chi connectivity index (χ4v) is 2.23. The van der Waals surface area contributed by atoms with Gasteiger partial charge < -0.3 is 0 Å². The Bertz CT molecular complexity index is 344. The van der Waals surface area contributed by atoms with E-state index in [0.717, 1.165) is 30.8 Å².